The second-order valence-corrected chi connectivity index (χ2v) is 7.03. The van der Waals surface area contributed by atoms with Crippen molar-refractivity contribution in [2.75, 3.05) is 12.0 Å². The van der Waals surface area contributed by atoms with Crippen LogP contribution in [-0.4, -0.2) is 35.8 Å². The molecule has 132 valence electrons. The highest BCUT2D eigenvalue weighted by Gasteiger charge is 2.21. The van der Waals surface area contributed by atoms with Gasteiger partial charge in [-0.25, -0.2) is 0 Å². The van der Waals surface area contributed by atoms with Crippen molar-refractivity contribution in [3.05, 3.63) is 58.3 Å². The van der Waals surface area contributed by atoms with Gasteiger partial charge in [0.25, 0.3) is 17.7 Å². The molecule has 0 saturated heterocycles. The normalized spacial score (nSPS) is 11.4. The number of thiophene rings is 1. The maximum Gasteiger partial charge on any atom is 0.279 e. The summed E-state index contributed by atoms with van der Waals surface area (Å²) >= 11 is 2.85. The van der Waals surface area contributed by atoms with Gasteiger partial charge in [0.05, 0.1) is 4.88 Å². The first-order chi connectivity index (χ1) is 12.1. The molecule has 2 rings (SSSR count). The number of benzene rings is 1. The highest BCUT2D eigenvalue weighted by Crippen LogP contribution is 2.07. The molecule has 0 aliphatic carbocycles. The van der Waals surface area contributed by atoms with Crippen LogP contribution in [0.3, 0.4) is 0 Å². The smallest absolute Gasteiger partial charge is 0.279 e. The fraction of sp³-hybridized carbons (Fsp3) is 0.235. The first kappa shape index (κ1) is 19.0. The molecule has 0 unspecified atom stereocenters. The Morgan fingerprint density at radius 2 is 1.80 bits per heavy atom. The SMILES string of the molecule is CSCC[C@@H](NC(=O)c1ccccc1)C(=O)NNC(=O)c1cccs1. The van der Waals surface area contributed by atoms with E-state index in [1.807, 2.05) is 12.3 Å². The van der Waals surface area contributed by atoms with Crippen LogP contribution in [0.4, 0.5) is 0 Å². The third-order valence-electron chi connectivity index (χ3n) is 3.31. The first-order valence-electron chi connectivity index (χ1n) is 7.60. The minimum Gasteiger partial charge on any atom is -0.340 e. The maximum absolute atomic E-state index is 12.3. The Morgan fingerprint density at radius 1 is 1.04 bits per heavy atom. The topological polar surface area (TPSA) is 87.3 Å². The Morgan fingerprint density at radius 3 is 2.44 bits per heavy atom. The number of rotatable bonds is 7. The van der Waals surface area contributed by atoms with Crippen LogP contribution in [0, 0.1) is 0 Å². The van der Waals surface area contributed by atoms with Gasteiger partial charge in [0.2, 0.25) is 0 Å². The summed E-state index contributed by atoms with van der Waals surface area (Å²) in [6.45, 7) is 0. The van der Waals surface area contributed by atoms with Crippen LogP contribution in [0.2, 0.25) is 0 Å². The van der Waals surface area contributed by atoms with E-state index < -0.39 is 11.9 Å². The average molecular weight is 377 g/mol. The highest BCUT2D eigenvalue weighted by molar-refractivity contribution is 7.98. The first-order valence-corrected chi connectivity index (χ1v) is 9.87. The molecular weight excluding hydrogens is 358 g/mol. The summed E-state index contributed by atoms with van der Waals surface area (Å²) in [5, 5.41) is 4.49. The van der Waals surface area contributed by atoms with Crippen molar-refractivity contribution in [3.63, 3.8) is 0 Å². The van der Waals surface area contributed by atoms with E-state index in [1.165, 1.54) is 11.3 Å². The van der Waals surface area contributed by atoms with E-state index in [9.17, 15) is 14.4 Å². The van der Waals surface area contributed by atoms with Gasteiger partial charge in [-0.05, 0) is 42.0 Å². The molecule has 0 saturated carbocycles. The summed E-state index contributed by atoms with van der Waals surface area (Å²) in [4.78, 5) is 37.0. The Hall–Kier alpha value is -2.32. The van der Waals surface area contributed by atoms with Gasteiger partial charge in [0.1, 0.15) is 6.04 Å². The van der Waals surface area contributed by atoms with Crippen LogP contribution in [-0.2, 0) is 4.79 Å². The molecule has 1 aromatic heterocycles. The number of nitrogens with one attached hydrogen (secondary N) is 3. The molecule has 1 atom stereocenters. The van der Waals surface area contributed by atoms with Crippen molar-refractivity contribution in [1.82, 2.24) is 16.2 Å². The third kappa shape index (κ3) is 5.91. The van der Waals surface area contributed by atoms with Crippen LogP contribution < -0.4 is 16.2 Å². The molecule has 0 bridgehead atoms. The lowest BCUT2D eigenvalue weighted by molar-refractivity contribution is -0.123. The molecule has 25 heavy (non-hydrogen) atoms. The maximum atomic E-state index is 12.3. The van der Waals surface area contributed by atoms with Crippen molar-refractivity contribution in [2.45, 2.75) is 12.5 Å². The summed E-state index contributed by atoms with van der Waals surface area (Å²) in [5.41, 5.74) is 5.23. The molecule has 0 aliphatic heterocycles. The second kappa shape index (κ2) is 9.85. The summed E-state index contributed by atoms with van der Waals surface area (Å²) in [6.07, 6.45) is 2.38. The van der Waals surface area contributed by atoms with Gasteiger partial charge >= 0.3 is 0 Å². The largest absolute Gasteiger partial charge is 0.340 e. The number of amides is 3. The number of carbonyl (C=O) groups excluding carboxylic acids is 3. The van der Waals surface area contributed by atoms with Crippen molar-refractivity contribution >= 4 is 40.8 Å². The molecule has 3 amide bonds. The van der Waals surface area contributed by atoms with Gasteiger partial charge in [-0.2, -0.15) is 11.8 Å². The van der Waals surface area contributed by atoms with Crippen LogP contribution in [0.5, 0.6) is 0 Å². The fourth-order valence-corrected chi connectivity index (χ4v) is 3.10. The summed E-state index contributed by atoms with van der Waals surface area (Å²) in [6, 6.07) is 11.4. The molecule has 0 aliphatic rings. The van der Waals surface area contributed by atoms with E-state index in [-0.39, 0.29) is 11.8 Å². The number of hydrogen-bond donors (Lipinski definition) is 3. The predicted octanol–water partition coefficient (Wildman–Crippen LogP) is 2.06. The van der Waals surface area contributed by atoms with Gasteiger partial charge in [-0.1, -0.05) is 24.3 Å². The van der Waals surface area contributed by atoms with E-state index >= 15 is 0 Å². The molecule has 0 fully saturated rings. The van der Waals surface area contributed by atoms with Crippen LogP contribution in [0.1, 0.15) is 26.5 Å². The lowest BCUT2D eigenvalue weighted by atomic mass is 10.1. The number of hydrazine groups is 1. The number of thioether (sulfide) groups is 1. The van der Waals surface area contributed by atoms with Crippen LogP contribution in [0.15, 0.2) is 47.8 Å². The fourth-order valence-electron chi connectivity index (χ4n) is 2.01. The Labute approximate surface area is 154 Å². The molecule has 3 N–H and O–H groups in total. The molecular formula is C17H19N3O3S2. The lowest BCUT2D eigenvalue weighted by Gasteiger charge is -2.18. The van der Waals surface area contributed by atoms with Crippen LogP contribution in [0.25, 0.3) is 0 Å². The number of carbonyl (C=O) groups is 3. The standard InChI is InChI=1S/C17H19N3O3S2/c1-24-11-9-13(18-15(21)12-6-3-2-4-7-12)16(22)19-20-17(23)14-8-5-10-25-14/h2-8,10,13H,9,11H2,1H3,(H,18,21)(H,19,22)(H,20,23)/t13-/m1/s1. The molecule has 6 nitrogen and oxygen atoms in total. The predicted molar refractivity (Wildman–Crippen MR) is 101 cm³/mol. The molecule has 0 spiro atoms. The van der Waals surface area contributed by atoms with Crippen molar-refractivity contribution in [1.29, 1.82) is 0 Å². The zero-order valence-corrected chi connectivity index (χ0v) is 15.3. The minimum absolute atomic E-state index is 0.327. The van der Waals surface area contributed by atoms with Crippen LogP contribution >= 0.6 is 23.1 Å². The van der Waals surface area contributed by atoms with Gasteiger partial charge in [-0.3, -0.25) is 25.2 Å². The van der Waals surface area contributed by atoms with Gasteiger partial charge < -0.3 is 5.32 Å². The monoisotopic (exact) mass is 377 g/mol. The Bertz CT molecular complexity index is 705. The second-order valence-electron chi connectivity index (χ2n) is 5.09. The Balaban J connectivity index is 1.94. The van der Waals surface area contributed by atoms with E-state index in [0.717, 1.165) is 0 Å². The minimum atomic E-state index is -0.733. The zero-order valence-electron chi connectivity index (χ0n) is 13.7. The molecule has 0 radical (unpaired) electrons. The van der Waals surface area contributed by atoms with Crippen molar-refractivity contribution < 1.29 is 14.4 Å². The summed E-state index contributed by atoms with van der Waals surface area (Å²) in [5.74, 6) is -0.470. The van der Waals surface area contributed by atoms with Crippen molar-refractivity contribution in [3.8, 4) is 0 Å². The van der Waals surface area contributed by atoms with E-state index in [0.29, 0.717) is 22.6 Å². The molecule has 1 aromatic carbocycles. The van der Waals surface area contributed by atoms with E-state index in [1.54, 1.807) is 53.5 Å². The van der Waals surface area contributed by atoms with Gasteiger partial charge in [-0.15, -0.1) is 11.3 Å². The number of hydrogen-bond acceptors (Lipinski definition) is 5. The van der Waals surface area contributed by atoms with E-state index in [2.05, 4.69) is 16.2 Å². The molecule has 1 heterocycles. The van der Waals surface area contributed by atoms with Gasteiger partial charge in [0.15, 0.2) is 0 Å². The Kier molecular flexibility index (Phi) is 7.49. The molecule has 2 aromatic rings. The summed E-state index contributed by atoms with van der Waals surface area (Å²) in [7, 11) is 0. The average Bonchev–Trinajstić information content (AvgIpc) is 3.18. The zero-order chi connectivity index (χ0) is 18.1. The van der Waals surface area contributed by atoms with E-state index in [4.69, 9.17) is 0 Å². The van der Waals surface area contributed by atoms with Gasteiger partial charge in [0, 0.05) is 5.56 Å². The highest BCUT2D eigenvalue weighted by atomic mass is 32.2. The quantitative estimate of drug-likeness (QED) is 0.645. The summed E-state index contributed by atoms with van der Waals surface area (Å²) < 4.78 is 0. The van der Waals surface area contributed by atoms with Crippen molar-refractivity contribution in [2.24, 2.45) is 0 Å². The third-order valence-corrected chi connectivity index (χ3v) is 4.83. The molecule has 8 heteroatoms. The lowest BCUT2D eigenvalue weighted by Crippen LogP contribution is -2.52.